The van der Waals surface area contributed by atoms with Crippen LogP contribution in [0.15, 0.2) is 0 Å². The van der Waals surface area contributed by atoms with Crippen molar-refractivity contribution in [2.45, 2.75) is 77.4 Å². The zero-order chi connectivity index (χ0) is 11.8. The minimum absolute atomic E-state index is 0.110. The molecule has 0 aromatic heterocycles. The van der Waals surface area contributed by atoms with E-state index in [0.29, 0.717) is 12.0 Å². The van der Waals surface area contributed by atoms with Gasteiger partial charge in [-0.1, -0.05) is 33.1 Å². The minimum Gasteiger partial charge on any atom is -0.393 e. The molecule has 96 valence electrons. The lowest BCUT2D eigenvalue weighted by molar-refractivity contribution is 0.0546. The first-order valence-electron chi connectivity index (χ1n) is 7.07. The average molecular weight is 228 g/mol. The lowest BCUT2D eigenvalue weighted by atomic mass is 9.90. The van der Waals surface area contributed by atoms with Crippen molar-refractivity contribution in [3.8, 4) is 0 Å². The van der Waals surface area contributed by atoms with Crippen molar-refractivity contribution in [3.05, 3.63) is 0 Å². The summed E-state index contributed by atoms with van der Waals surface area (Å²) in [5.74, 6) is 0.501. The van der Waals surface area contributed by atoms with E-state index < -0.39 is 0 Å². The summed E-state index contributed by atoms with van der Waals surface area (Å²) in [7, 11) is 0. The Labute approximate surface area is 100 Å². The molecule has 1 aliphatic rings. The summed E-state index contributed by atoms with van der Waals surface area (Å²) >= 11 is 0. The summed E-state index contributed by atoms with van der Waals surface area (Å²) in [5, 5.41) is 10.1. The second kappa shape index (κ2) is 8.08. The van der Waals surface area contributed by atoms with Crippen LogP contribution < -0.4 is 0 Å². The van der Waals surface area contributed by atoms with Crippen LogP contribution in [-0.2, 0) is 4.74 Å². The Morgan fingerprint density at radius 3 is 2.69 bits per heavy atom. The van der Waals surface area contributed by atoms with E-state index >= 15 is 0 Å². The maximum Gasteiger partial charge on any atom is 0.0577 e. The SMILES string of the molecule is CCCCC(CC)C(O)CCC1CCCO1. The van der Waals surface area contributed by atoms with Crippen LogP contribution in [0.25, 0.3) is 0 Å². The number of aliphatic hydroxyl groups excluding tert-OH is 1. The van der Waals surface area contributed by atoms with E-state index in [4.69, 9.17) is 4.74 Å². The van der Waals surface area contributed by atoms with E-state index in [9.17, 15) is 5.11 Å². The smallest absolute Gasteiger partial charge is 0.0577 e. The van der Waals surface area contributed by atoms with E-state index in [0.717, 1.165) is 25.9 Å². The maximum atomic E-state index is 10.1. The van der Waals surface area contributed by atoms with Crippen molar-refractivity contribution in [3.63, 3.8) is 0 Å². The third kappa shape index (κ3) is 4.84. The molecule has 3 unspecified atom stereocenters. The first-order chi connectivity index (χ1) is 7.77. The summed E-state index contributed by atoms with van der Waals surface area (Å²) in [4.78, 5) is 0. The van der Waals surface area contributed by atoms with Crippen molar-refractivity contribution in [1.82, 2.24) is 0 Å². The van der Waals surface area contributed by atoms with Gasteiger partial charge in [-0.2, -0.15) is 0 Å². The van der Waals surface area contributed by atoms with Crippen LogP contribution in [0.3, 0.4) is 0 Å². The highest BCUT2D eigenvalue weighted by Crippen LogP contribution is 2.23. The van der Waals surface area contributed by atoms with Crippen molar-refractivity contribution in [2.75, 3.05) is 6.61 Å². The van der Waals surface area contributed by atoms with Gasteiger partial charge in [0.2, 0.25) is 0 Å². The topological polar surface area (TPSA) is 29.5 Å². The predicted molar refractivity (Wildman–Crippen MR) is 67.5 cm³/mol. The Morgan fingerprint density at radius 2 is 2.12 bits per heavy atom. The van der Waals surface area contributed by atoms with E-state index in [-0.39, 0.29) is 6.10 Å². The quantitative estimate of drug-likeness (QED) is 0.688. The highest BCUT2D eigenvalue weighted by molar-refractivity contribution is 4.72. The van der Waals surface area contributed by atoms with Crippen molar-refractivity contribution >= 4 is 0 Å². The first kappa shape index (κ1) is 14.0. The molecule has 0 aromatic carbocycles. The largest absolute Gasteiger partial charge is 0.393 e. The van der Waals surface area contributed by atoms with Gasteiger partial charge in [-0.25, -0.2) is 0 Å². The van der Waals surface area contributed by atoms with Crippen LogP contribution in [0.1, 0.15) is 65.2 Å². The van der Waals surface area contributed by atoms with Gasteiger partial charge in [0.15, 0.2) is 0 Å². The fourth-order valence-electron chi connectivity index (χ4n) is 2.60. The molecule has 1 fully saturated rings. The van der Waals surface area contributed by atoms with Gasteiger partial charge >= 0.3 is 0 Å². The Morgan fingerprint density at radius 1 is 1.31 bits per heavy atom. The van der Waals surface area contributed by atoms with Gasteiger partial charge in [-0.15, -0.1) is 0 Å². The molecule has 0 radical (unpaired) electrons. The maximum absolute atomic E-state index is 10.1. The van der Waals surface area contributed by atoms with E-state index in [2.05, 4.69) is 13.8 Å². The molecule has 1 rings (SSSR count). The molecule has 3 atom stereocenters. The van der Waals surface area contributed by atoms with Gasteiger partial charge in [0, 0.05) is 6.61 Å². The molecule has 0 spiro atoms. The Hall–Kier alpha value is -0.0800. The molecule has 0 saturated carbocycles. The average Bonchev–Trinajstić information content (AvgIpc) is 2.80. The third-order valence-electron chi connectivity index (χ3n) is 3.81. The lowest BCUT2D eigenvalue weighted by Crippen LogP contribution is -2.21. The first-order valence-corrected chi connectivity index (χ1v) is 7.07. The molecule has 1 saturated heterocycles. The minimum atomic E-state index is -0.110. The van der Waals surface area contributed by atoms with Crippen LogP contribution >= 0.6 is 0 Å². The molecule has 0 bridgehead atoms. The van der Waals surface area contributed by atoms with Gasteiger partial charge < -0.3 is 9.84 Å². The highest BCUT2D eigenvalue weighted by atomic mass is 16.5. The third-order valence-corrected chi connectivity index (χ3v) is 3.81. The summed E-state index contributed by atoms with van der Waals surface area (Å²) in [6.07, 6.45) is 9.44. The summed E-state index contributed by atoms with van der Waals surface area (Å²) in [6, 6.07) is 0. The fraction of sp³-hybridized carbons (Fsp3) is 1.00. The molecule has 0 aromatic rings. The molecular weight excluding hydrogens is 200 g/mol. The van der Waals surface area contributed by atoms with Crippen LogP contribution in [0.5, 0.6) is 0 Å². The summed E-state index contributed by atoms with van der Waals surface area (Å²) < 4.78 is 5.59. The number of hydrogen-bond acceptors (Lipinski definition) is 2. The highest BCUT2D eigenvalue weighted by Gasteiger charge is 2.21. The Kier molecular flexibility index (Phi) is 7.06. The van der Waals surface area contributed by atoms with Crippen LogP contribution in [0.2, 0.25) is 0 Å². The monoisotopic (exact) mass is 228 g/mol. The molecule has 1 heterocycles. The molecule has 16 heavy (non-hydrogen) atoms. The molecule has 1 N–H and O–H groups in total. The molecule has 0 aliphatic carbocycles. The Balaban J connectivity index is 2.17. The van der Waals surface area contributed by atoms with Crippen LogP contribution in [0.4, 0.5) is 0 Å². The van der Waals surface area contributed by atoms with Gasteiger partial charge in [0.25, 0.3) is 0 Å². The van der Waals surface area contributed by atoms with Crippen LogP contribution in [-0.4, -0.2) is 23.9 Å². The number of ether oxygens (including phenoxy) is 1. The zero-order valence-electron chi connectivity index (χ0n) is 11.0. The standard InChI is InChI=1S/C14H28O2/c1-3-5-7-12(4-2)14(15)10-9-13-8-6-11-16-13/h12-15H,3-11H2,1-2H3. The number of aliphatic hydroxyl groups is 1. The van der Waals surface area contributed by atoms with Crippen molar-refractivity contribution in [2.24, 2.45) is 5.92 Å². The van der Waals surface area contributed by atoms with Gasteiger partial charge in [-0.05, 0) is 38.0 Å². The van der Waals surface area contributed by atoms with Crippen molar-refractivity contribution in [1.29, 1.82) is 0 Å². The Bertz CT molecular complexity index is 164. The van der Waals surface area contributed by atoms with Crippen LogP contribution in [0, 0.1) is 5.92 Å². The van der Waals surface area contributed by atoms with E-state index in [1.54, 1.807) is 0 Å². The van der Waals surface area contributed by atoms with E-state index in [1.165, 1.54) is 32.1 Å². The molecule has 2 heteroatoms. The number of hydrogen-bond donors (Lipinski definition) is 1. The second-order valence-electron chi connectivity index (χ2n) is 5.09. The molecule has 2 nitrogen and oxygen atoms in total. The van der Waals surface area contributed by atoms with Gasteiger partial charge in [0.1, 0.15) is 0 Å². The zero-order valence-corrected chi connectivity index (χ0v) is 11.0. The fourth-order valence-corrected chi connectivity index (χ4v) is 2.60. The normalized spacial score (nSPS) is 24.6. The number of unbranched alkanes of at least 4 members (excludes halogenated alkanes) is 1. The van der Waals surface area contributed by atoms with Gasteiger partial charge in [-0.3, -0.25) is 0 Å². The molecule has 1 aliphatic heterocycles. The lowest BCUT2D eigenvalue weighted by Gasteiger charge is -2.22. The summed E-state index contributed by atoms with van der Waals surface area (Å²) in [5.41, 5.74) is 0. The number of rotatable bonds is 8. The second-order valence-corrected chi connectivity index (χ2v) is 5.09. The molecule has 0 amide bonds. The molecular formula is C14H28O2. The van der Waals surface area contributed by atoms with Crippen molar-refractivity contribution < 1.29 is 9.84 Å². The van der Waals surface area contributed by atoms with Gasteiger partial charge in [0.05, 0.1) is 12.2 Å². The van der Waals surface area contributed by atoms with E-state index in [1.807, 2.05) is 0 Å². The predicted octanol–water partition coefficient (Wildman–Crippen LogP) is 3.52. The summed E-state index contributed by atoms with van der Waals surface area (Å²) in [6.45, 7) is 5.33.